The number of halogens is 2. The van der Waals surface area contributed by atoms with Crippen LogP contribution in [0.3, 0.4) is 0 Å². The molecule has 242 valence electrons. The summed E-state index contributed by atoms with van der Waals surface area (Å²) in [6, 6.07) is 2.09. The van der Waals surface area contributed by atoms with E-state index in [1.807, 2.05) is 13.8 Å². The molecule has 0 unspecified atom stereocenters. The Morgan fingerprint density at radius 1 is 1.24 bits per heavy atom. The third-order valence-electron chi connectivity index (χ3n) is 8.34. The molecule has 0 aliphatic carbocycles. The number of rotatable bonds is 9. The van der Waals surface area contributed by atoms with E-state index in [4.69, 9.17) is 23.8 Å². The maximum Gasteiger partial charge on any atom is 0.511 e. The second-order valence-corrected chi connectivity index (χ2v) is 11.4. The first-order valence-electron chi connectivity index (χ1n) is 14.4. The van der Waals surface area contributed by atoms with Gasteiger partial charge in [0, 0.05) is 50.5 Å². The van der Waals surface area contributed by atoms with Crippen LogP contribution in [-0.2, 0) is 25.6 Å². The molecule has 45 heavy (non-hydrogen) atoms. The number of fused-ring (bicyclic) bond motifs is 5. The van der Waals surface area contributed by atoms with Gasteiger partial charge in [-0.1, -0.05) is 11.2 Å². The third kappa shape index (κ3) is 6.34. The van der Waals surface area contributed by atoms with Crippen molar-refractivity contribution >= 4 is 23.7 Å². The summed E-state index contributed by atoms with van der Waals surface area (Å²) in [4.78, 5) is 60.8. The molecule has 1 aromatic carbocycles. The molecule has 1 spiro atoms. The molecule has 2 bridgehead atoms. The molecule has 15 heteroatoms. The van der Waals surface area contributed by atoms with Gasteiger partial charge in [-0.2, -0.15) is 0 Å². The normalized spacial score (nSPS) is 22.6. The number of oxime groups is 1. The van der Waals surface area contributed by atoms with Gasteiger partial charge in [0.2, 0.25) is 18.0 Å². The van der Waals surface area contributed by atoms with Crippen LogP contribution in [0.15, 0.2) is 34.3 Å². The maximum absolute atomic E-state index is 14.2. The fourth-order valence-electron chi connectivity index (χ4n) is 5.77. The number of carbonyl (C=O) groups excluding carboxylic acids is 3. The summed E-state index contributed by atoms with van der Waals surface area (Å²) >= 11 is 0. The SMILES string of the molecule is CO[C@H](C)COC(=O)OCOc1c2n(cc(C(=O)NCc3ccc(F)cc3F)c1=O)[C@@H]1CN(C2=O)[C@@H](C)CC[C@]12CC(C)=NO2. The Bertz CT molecular complexity index is 1600. The predicted octanol–water partition coefficient (Wildman–Crippen LogP) is 3.30. The Morgan fingerprint density at radius 3 is 2.71 bits per heavy atom. The molecule has 1 saturated heterocycles. The van der Waals surface area contributed by atoms with E-state index in [-0.39, 0.29) is 37.0 Å². The van der Waals surface area contributed by atoms with Crippen LogP contribution >= 0.6 is 0 Å². The van der Waals surface area contributed by atoms with E-state index in [1.54, 1.807) is 11.8 Å². The van der Waals surface area contributed by atoms with Crippen LogP contribution < -0.4 is 15.5 Å². The van der Waals surface area contributed by atoms with Gasteiger partial charge in [-0.15, -0.1) is 0 Å². The van der Waals surface area contributed by atoms with Crippen molar-refractivity contribution in [1.82, 2.24) is 14.8 Å². The van der Waals surface area contributed by atoms with E-state index in [0.717, 1.165) is 11.8 Å². The number of amides is 2. The highest BCUT2D eigenvalue weighted by Crippen LogP contribution is 2.46. The highest BCUT2D eigenvalue weighted by Gasteiger charge is 2.54. The molecule has 0 saturated carbocycles. The van der Waals surface area contributed by atoms with E-state index in [2.05, 4.69) is 10.5 Å². The minimum absolute atomic E-state index is 0.0107. The topological polar surface area (TPSA) is 147 Å². The van der Waals surface area contributed by atoms with Crippen molar-refractivity contribution in [3.63, 3.8) is 0 Å². The van der Waals surface area contributed by atoms with Gasteiger partial charge in [0.05, 0.1) is 17.9 Å². The molecule has 0 radical (unpaired) electrons. The van der Waals surface area contributed by atoms with Crippen LogP contribution in [0.25, 0.3) is 0 Å². The van der Waals surface area contributed by atoms with E-state index in [1.165, 1.54) is 23.9 Å². The molecule has 1 aromatic heterocycles. The quantitative estimate of drug-likeness (QED) is 0.325. The summed E-state index contributed by atoms with van der Waals surface area (Å²) in [5.41, 5.74) is -1.67. The molecule has 13 nitrogen and oxygen atoms in total. The summed E-state index contributed by atoms with van der Waals surface area (Å²) in [6.07, 6.45) is 1.33. The second kappa shape index (κ2) is 12.8. The monoisotopic (exact) mass is 632 g/mol. The minimum atomic E-state index is -1.11. The number of methoxy groups -OCH3 is 1. The molecule has 2 aromatic rings. The number of nitrogens with zero attached hydrogens (tertiary/aromatic N) is 3. The fraction of sp³-hybridized carbons (Fsp3) is 0.500. The Labute approximate surface area is 257 Å². The molecule has 1 fully saturated rings. The second-order valence-electron chi connectivity index (χ2n) is 11.4. The summed E-state index contributed by atoms with van der Waals surface area (Å²) in [6.45, 7) is 4.33. The molecule has 2 amide bonds. The van der Waals surface area contributed by atoms with Gasteiger partial charge < -0.3 is 38.6 Å². The number of hydrogen-bond donors (Lipinski definition) is 1. The van der Waals surface area contributed by atoms with Crippen LogP contribution in [0, 0.1) is 11.6 Å². The summed E-state index contributed by atoms with van der Waals surface area (Å²) in [5.74, 6) is -3.60. The van der Waals surface area contributed by atoms with Crippen molar-refractivity contribution in [2.45, 2.75) is 70.4 Å². The lowest BCUT2D eigenvalue weighted by Crippen LogP contribution is -2.52. The van der Waals surface area contributed by atoms with Gasteiger partial charge in [0.15, 0.2) is 11.3 Å². The van der Waals surface area contributed by atoms with Crippen LogP contribution in [0.4, 0.5) is 13.6 Å². The van der Waals surface area contributed by atoms with Crippen LogP contribution in [-0.4, -0.2) is 77.9 Å². The summed E-state index contributed by atoms with van der Waals surface area (Å²) in [5, 5.41) is 6.66. The number of benzene rings is 1. The third-order valence-corrected chi connectivity index (χ3v) is 8.34. The number of pyridine rings is 1. The number of hydrogen-bond acceptors (Lipinski definition) is 10. The number of carbonyl (C=O) groups is 3. The summed E-state index contributed by atoms with van der Waals surface area (Å²) < 4.78 is 49.7. The van der Waals surface area contributed by atoms with Gasteiger partial charge in [-0.25, -0.2) is 13.6 Å². The van der Waals surface area contributed by atoms with Crippen molar-refractivity contribution in [2.24, 2.45) is 5.16 Å². The van der Waals surface area contributed by atoms with Gasteiger partial charge in [0.1, 0.15) is 23.8 Å². The van der Waals surface area contributed by atoms with Gasteiger partial charge in [-0.05, 0) is 39.7 Å². The smallest absolute Gasteiger partial charge is 0.451 e. The van der Waals surface area contributed by atoms with Crippen molar-refractivity contribution in [3.05, 3.63) is 63.1 Å². The molecule has 1 N–H and O–H groups in total. The predicted molar refractivity (Wildman–Crippen MR) is 153 cm³/mol. The fourth-order valence-corrected chi connectivity index (χ4v) is 5.77. The molecule has 5 rings (SSSR count). The molecular weight excluding hydrogens is 598 g/mol. The van der Waals surface area contributed by atoms with Crippen LogP contribution in [0.5, 0.6) is 5.75 Å². The van der Waals surface area contributed by atoms with E-state index < -0.39 is 70.9 Å². The highest BCUT2D eigenvalue weighted by atomic mass is 19.1. The van der Waals surface area contributed by atoms with E-state index in [0.29, 0.717) is 25.3 Å². The lowest BCUT2D eigenvalue weighted by Gasteiger charge is -2.42. The van der Waals surface area contributed by atoms with Crippen molar-refractivity contribution in [2.75, 3.05) is 27.1 Å². The molecule has 3 aliphatic rings. The molecule has 3 aliphatic heterocycles. The largest absolute Gasteiger partial charge is 0.511 e. The first kappa shape index (κ1) is 31.9. The molecule has 4 atom stereocenters. The van der Waals surface area contributed by atoms with E-state index in [9.17, 15) is 28.0 Å². The number of aromatic nitrogens is 1. The maximum atomic E-state index is 14.2. The zero-order valence-corrected chi connectivity index (χ0v) is 25.3. The van der Waals surface area contributed by atoms with Crippen LogP contribution in [0.2, 0.25) is 0 Å². The van der Waals surface area contributed by atoms with Crippen molar-refractivity contribution in [3.8, 4) is 5.75 Å². The van der Waals surface area contributed by atoms with Crippen molar-refractivity contribution in [1.29, 1.82) is 0 Å². The summed E-state index contributed by atoms with van der Waals surface area (Å²) in [7, 11) is 1.44. The number of nitrogens with one attached hydrogen (secondary N) is 1. The zero-order chi connectivity index (χ0) is 32.5. The first-order valence-corrected chi connectivity index (χ1v) is 14.4. The highest BCUT2D eigenvalue weighted by molar-refractivity contribution is 5.99. The zero-order valence-electron chi connectivity index (χ0n) is 25.3. The van der Waals surface area contributed by atoms with Gasteiger partial charge in [0.25, 0.3) is 11.8 Å². The minimum Gasteiger partial charge on any atom is -0.451 e. The average molecular weight is 633 g/mol. The van der Waals surface area contributed by atoms with Crippen LogP contribution in [0.1, 0.15) is 72.5 Å². The lowest BCUT2D eigenvalue weighted by molar-refractivity contribution is -0.0658. The average Bonchev–Trinajstić information content (AvgIpc) is 3.34. The van der Waals surface area contributed by atoms with Gasteiger partial charge in [-0.3, -0.25) is 14.4 Å². The Morgan fingerprint density at radius 2 is 2.02 bits per heavy atom. The Balaban J connectivity index is 1.52. The standard InChI is InChI=1S/C30H34F2N4O9/c1-16-10-30(45-34-16)8-7-17(2)35-13-23(30)36-12-21(27(38)33-11-19-5-6-20(31)9-22(19)32)25(37)26(24(36)28(35)39)43-15-44-29(40)42-14-18(3)41-4/h5-6,9,12,17-18,23H,7-8,10-11,13-15H2,1-4H3,(H,33,38)/t17-,18+,23+,30-/m0/s1. The van der Waals surface area contributed by atoms with Gasteiger partial charge >= 0.3 is 6.16 Å². The molecular formula is C30H34F2N4O9. The lowest BCUT2D eigenvalue weighted by atomic mass is 9.84. The Kier molecular flexibility index (Phi) is 9.09. The van der Waals surface area contributed by atoms with E-state index >= 15 is 0 Å². The Hall–Kier alpha value is -4.53. The molecule has 4 heterocycles. The van der Waals surface area contributed by atoms with Crippen molar-refractivity contribution < 1.29 is 46.9 Å². The first-order chi connectivity index (χ1) is 21.4. The number of ether oxygens (including phenoxy) is 4.